The Hall–Kier alpha value is -3.33. The van der Waals surface area contributed by atoms with Gasteiger partial charge in [0.05, 0.1) is 25.3 Å². The van der Waals surface area contributed by atoms with Crippen LogP contribution in [-0.2, 0) is 4.79 Å². The summed E-state index contributed by atoms with van der Waals surface area (Å²) in [5.74, 6) is -1.42. The van der Waals surface area contributed by atoms with Crippen molar-refractivity contribution >= 4 is 29.3 Å². The van der Waals surface area contributed by atoms with Crippen LogP contribution in [0.25, 0.3) is 0 Å². The molecule has 8 nitrogen and oxygen atoms in total. The minimum Gasteiger partial charge on any atom is -0.494 e. The zero-order chi connectivity index (χ0) is 26.2. The van der Waals surface area contributed by atoms with Crippen LogP contribution in [0.1, 0.15) is 47.4 Å². The molecule has 0 spiro atoms. The van der Waals surface area contributed by atoms with Gasteiger partial charge in [-0.3, -0.25) is 14.4 Å². The molecule has 0 saturated heterocycles. The molecular weight excluding hydrogens is 489 g/mol. The number of nitrogens with zero attached hydrogens (tertiary/aromatic N) is 1. The van der Waals surface area contributed by atoms with Gasteiger partial charge in [0.1, 0.15) is 12.4 Å². The van der Waals surface area contributed by atoms with Gasteiger partial charge in [-0.05, 0) is 55.2 Å². The molecule has 194 valence electrons. The summed E-state index contributed by atoms with van der Waals surface area (Å²) in [4.78, 5) is 40.3. The van der Waals surface area contributed by atoms with Gasteiger partial charge in [-0.2, -0.15) is 0 Å². The van der Waals surface area contributed by atoms with Crippen LogP contribution in [0.15, 0.2) is 36.4 Å². The molecule has 2 aromatic rings. The van der Waals surface area contributed by atoms with E-state index in [2.05, 4.69) is 10.6 Å². The summed E-state index contributed by atoms with van der Waals surface area (Å²) in [5.41, 5.74) is 0.424. The van der Waals surface area contributed by atoms with Crippen molar-refractivity contribution in [2.75, 3.05) is 33.4 Å². The molecule has 3 rings (SSSR count). The topological polar surface area (TPSA) is 97.0 Å². The number of carbonyl (C=O) groups excluding carboxylic acids is 3. The first-order valence-corrected chi connectivity index (χ1v) is 12.2. The normalized spacial score (nSPS) is 17.7. The Morgan fingerprint density at radius 2 is 1.97 bits per heavy atom. The second-order valence-corrected chi connectivity index (χ2v) is 9.34. The van der Waals surface area contributed by atoms with Crippen molar-refractivity contribution in [2.24, 2.45) is 5.92 Å². The Balaban J connectivity index is 1.83. The molecule has 0 aliphatic carbocycles. The molecule has 1 aliphatic rings. The Kier molecular flexibility index (Phi) is 9.52. The number of carbonyl (C=O) groups is 3. The van der Waals surface area contributed by atoms with Gasteiger partial charge in [-0.15, -0.1) is 0 Å². The van der Waals surface area contributed by atoms with Gasteiger partial charge < -0.3 is 25.0 Å². The molecule has 1 atom stereocenters. The van der Waals surface area contributed by atoms with Crippen molar-refractivity contribution in [3.63, 3.8) is 0 Å². The van der Waals surface area contributed by atoms with Crippen molar-refractivity contribution in [1.29, 1.82) is 0 Å². The second-order valence-electron chi connectivity index (χ2n) is 8.91. The predicted octanol–water partition coefficient (Wildman–Crippen LogP) is 3.67. The molecule has 0 unspecified atom stereocenters. The van der Waals surface area contributed by atoms with Crippen LogP contribution in [0, 0.1) is 11.7 Å². The van der Waals surface area contributed by atoms with Gasteiger partial charge in [-0.25, -0.2) is 4.39 Å². The van der Waals surface area contributed by atoms with Gasteiger partial charge in [0.25, 0.3) is 11.8 Å². The largest absolute Gasteiger partial charge is 0.494 e. The number of benzene rings is 2. The van der Waals surface area contributed by atoms with Crippen molar-refractivity contribution in [3.8, 4) is 11.5 Å². The van der Waals surface area contributed by atoms with E-state index in [-0.39, 0.29) is 54.8 Å². The van der Waals surface area contributed by atoms with Crippen LogP contribution in [0.4, 0.5) is 4.39 Å². The first kappa shape index (κ1) is 27.3. The fraction of sp³-hybridized carbons (Fsp3) is 0.423. The van der Waals surface area contributed by atoms with E-state index in [4.69, 9.17) is 21.1 Å². The summed E-state index contributed by atoms with van der Waals surface area (Å²) in [7, 11) is 1.34. The highest BCUT2D eigenvalue weighted by Crippen LogP contribution is 2.24. The Morgan fingerprint density at radius 1 is 1.19 bits per heavy atom. The molecule has 10 heteroatoms. The highest BCUT2D eigenvalue weighted by molar-refractivity contribution is 6.31. The van der Waals surface area contributed by atoms with E-state index in [9.17, 15) is 18.8 Å². The monoisotopic (exact) mass is 519 g/mol. The zero-order valence-corrected chi connectivity index (χ0v) is 21.4. The average Bonchev–Trinajstić information content (AvgIpc) is 2.85. The van der Waals surface area contributed by atoms with Crippen LogP contribution in [0.2, 0.25) is 5.02 Å². The maximum Gasteiger partial charge on any atom is 0.255 e. The Bertz CT molecular complexity index is 1110. The molecule has 0 fully saturated rings. The lowest BCUT2D eigenvalue weighted by Gasteiger charge is -2.26. The van der Waals surface area contributed by atoms with Crippen molar-refractivity contribution in [1.82, 2.24) is 15.5 Å². The van der Waals surface area contributed by atoms with Gasteiger partial charge in [0.15, 0.2) is 11.6 Å². The molecule has 0 saturated carbocycles. The van der Waals surface area contributed by atoms with Gasteiger partial charge in [0, 0.05) is 23.7 Å². The lowest BCUT2D eigenvalue weighted by atomic mass is 10.1. The standard InChI is InChI=1S/C26H31ClFN3O5/c1-16(2)21-15-36-22-9-7-18(27)13-19(22)25(33)29-10-4-5-11-31(14-24(32)30-21)26(34)17-6-8-23(35-3)20(28)12-17/h6-9,12-13,16,21H,4-5,10-11,14-15H2,1-3H3,(H,29,33)(H,30,32)/t21-/m1/s1. The number of ether oxygens (including phenoxy) is 2. The molecule has 36 heavy (non-hydrogen) atoms. The molecule has 0 bridgehead atoms. The minimum atomic E-state index is -0.662. The number of fused-ring (bicyclic) bond motifs is 1. The van der Waals surface area contributed by atoms with Gasteiger partial charge in [-0.1, -0.05) is 25.4 Å². The van der Waals surface area contributed by atoms with E-state index in [1.54, 1.807) is 18.2 Å². The average molecular weight is 520 g/mol. The number of halogens is 2. The molecule has 2 N–H and O–H groups in total. The maximum atomic E-state index is 14.2. The van der Waals surface area contributed by atoms with Gasteiger partial charge >= 0.3 is 0 Å². The summed E-state index contributed by atoms with van der Waals surface area (Å²) in [6.07, 6.45) is 1.07. The van der Waals surface area contributed by atoms with E-state index in [1.165, 1.54) is 24.1 Å². The first-order chi connectivity index (χ1) is 17.2. The summed E-state index contributed by atoms with van der Waals surface area (Å²) < 4.78 is 25.1. The van der Waals surface area contributed by atoms with Crippen LogP contribution in [0.3, 0.4) is 0 Å². The summed E-state index contributed by atoms with van der Waals surface area (Å²) in [6, 6.07) is 8.36. The summed E-state index contributed by atoms with van der Waals surface area (Å²) >= 11 is 6.10. The van der Waals surface area contributed by atoms with E-state index < -0.39 is 11.7 Å². The maximum absolute atomic E-state index is 14.2. The lowest BCUT2D eigenvalue weighted by Crippen LogP contribution is -2.48. The third kappa shape index (κ3) is 7.10. The van der Waals surface area contributed by atoms with Crippen molar-refractivity contribution in [2.45, 2.75) is 32.7 Å². The van der Waals surface area contributed by atoms with E-state index in [0.717, 1.165) is 6.07 Å². The van der Waals surface area contributed by atoms with E-state index in [1.807, 2.05) is 13.8 Å². The minimum absolute atomic E-state index is 0.00838. The first-order valence-electron chi connectivity index (χ1n) is 11.8. The van der Waals surface area contributed by atoms with E-state index >= 15 is 0 Å². The number of hydrogen-bond acceptors (Lipinski definition) is 5. The Morgan fingerprint density at radius 3 is 2.67 bits per heavy atom. The Labute approximate surface area is 215 Å². The van der Waals surface area contributed by atoms with Gasteiger partial charge in [0.2, 0.25) is 5.91 Å². The molecule has 2 aromatic carbocycles. The predicted molar refractivity (Wildman–Crippen MR) is 134 cm³/mol. The van der Waals surface area contributed by atoms with Crippen molar-refractivity contribution in [3.05, 3.63) is 58.4 Å². The third-order valence-electron chi connectivity index (χ3n) is 5.92. The molecule has 0 aromatic heterocycles. The van der Waals surface area contributed by atoms with E-state index in [0.29, 0.717) is 35.7 Å². The molecule has 1 aliphatic heterocycles. The number of nitrogens with one attached hydrogen (secondary N) is 2. The molecule has 3 amide bonds. The number of hydrogen-bond donors (Lipinski definition) is 2. The summed E-state index contributed by atoms with van der Waals surface area (Å²) in [5, 5.41) is 6.18. The van der Waals surface area contributed by atoms with Crippen LogP contribution in [-0.4, -0.2) is 62.0 Å². The zero-order valence-electron chi connectivity index (χ0n) is 20.6. The molecular formula is C26H31ClFN3O5. The quantitative estimate of drug-likeness (QED) is 0.645. The van der Waals surface area contributed by atoms with Crippen molar-refractivity contribution < 1.29 is 28.2 Å². The SMILES string of the molecule is COc1ccc(C(=O)N2CCCCNC(=O)c3cc(Cl)ccc3OC[C@H](C(C)C)NC(=O)C2)cc1F. The molecule has 1 heterocycles. The lowest BCUT2D eigenvalue weighted by molar-refractivity contribution is -0.123. The number of rotatable bonds is 3. The van der Waals surface area contributed by atoms with Crippen LogP contribution >= 0.6 is 11.6 Å². The third-order valence-corrected chi connectivity index (χ3v) is 6.15. The number of amides is 3. The van der Waals surface area contributed by atoms with Crippen LogP contribution < -0.4 is 20.1 Å². The molecule has 0 radical (unpaired) electrons. The fourth-order valence-electron chi connectivity index (χ4n) is 3.77. The van der Waals surface area contributed by atoms with Crippen LogP contribution in [0.5, 0.6) is 11.5 Å². The smallest absolute Gasteiger partial charge is 0.255 e. The highest BCUT2D eigenvalue weighted by atomic mass is 35.5. The summed E-state index contributed by atoms with van der Waals surface area (Å²) in [6.45, 7) is 4.38. The fourth-order valence-corrected chi connectivity index (χ4v) is 3.94. The second kappa shape index (κ2) is 12.6. The highest BCUT2D eigenvalue weighted by Gasteiger charge is 2.24. The number of methoxy groups -OCH3 is 1.